The van der Waals surface area contributed by atoms with E-state index in [2.05, 4.69) is 15.5 Å². The third kappa shape index (κ3) is 3.74. The van der Waals surface area contributed by atoms with Crippen molar-refractivity contribution in [2.75, 3.05) is 0 Å². The highest BCUT2D eigenvalue weighted by molar-refractivity contribution is 5.94. The van der Waals surface area contributed by atoms with E-state index in [-0.39, 0.29) is 11.5 Å². The first-order valence-electron chi connectivity index (χ1n) is 8.00. The summed E-state index contributed by atoms with van der Waals surface area (Å²) in [7, 11) is 0. The van der Waals surface area contributed by atoms with Crippen LogP contribution in [0.4, 0.5) is 4.39 Å². The monoisotopic (exact) mass is 339 g/mol. The number of carbonyl (C=O) groups excluding carboxylic acids is 1. The van der Waals surface area contributed by atoms with Crippen molar-refractivity contribution in [2.24, 2.45) is 5.92 Å². The van der Waals surface area contributed by atoms with Gasteiger partial charge in [0.25, 0.3) is 5.91 Å². The fourth-order valence-corrected chi connectivity index (χ4v) is 2.44. The van der Waals surface area contributed by atoms with E-state index >= 15 is 0 Å². The second-order valence-electron chi connectivity index (χ2n) is 6.00. The van der Waals surface area contributed by atoms with Gasteiger partial charge in [-0.1, -0.05) is 61.5 Å². The summed E-state index contributed by atoms with van der Waals surface area (Å²) in [5.74, 6) is -0.367. The second kappa shape index (κ2) is 7.25. The molecule has 0 spiro atoms. The van der Waals surface area contributed by atoms with Crippen LogP contribution in [0.25, 0.3) is 11.4 Å². The fraction of sp³-hybridized carbons (Fsp3) is 0.211. The van der Waals surface area contributed by atoms with Crippen LogP contribution in [-0.2, 0) is 0 Å². The first-order valence-corrected chi connectivity index (χ1v) is 8.00. The Balaban J connectivity index is 1.84. The Morgan fingerprint density at radius 2 is 1.76 bits per heavy atom. The summed E-state index contributed by atoms with van der Waals surface area (Å²) in [6.45, 7) is 3.83. The number of hydrogen-bond donors (Lipinski definition) is 1. The molecule has 0 fully saturated rings. The zero-order valence-electron chi connectivity index (χ0n) is 13.9. The molecule has 1 heterocycles. The van der Waals surface area contributed by atoms with Crippen LogP contribution in [0.5, 0.6) is 0 Å². The molecule has 0 bridgehead atoms. The highest BCUT2D eigenvalue weighted by atomic mass is 19.1. The lowest BCUT2D eigenvalue weighted by atomic mass is 10.0. The smallest absolute Gasteiger partial charge is 0.254 e. The van der Waals surface area contributed by atoms with E-state index in [1.165, 1.54) is 18.2 Å². The van der Waals surface area contributed by atoms with Gasteiger partial charge in [-0.3, -0.25) is 4.79 Å². The van der Waals surface area contributed by atoms with Gasteiger partial charge in [-0.2, -0.15) is 4.98 Å². The van der Waals surface area contributed by atoms with Gasteiger partial charge in [0.15, 0.2) is 0 Å². The van der Waals surface area contributed by atoms with Gasteiger partial charge in [-0.15, -0.1) is 0 Å². The number of nitrogens with one attached hydrogen (secondary N) is 1. The van der Waals surface area contributed by atoms with Crippen LogP contribution in [-0.4, -0.2) is 16.0 Å². The van der Waals surface area contributed by atoms with E-state index in [1.54, 1.807) is 6.07 Å². The molecule has 0 unspecified atom stereocenters. The fourth-order valence-electron chi connectivity index (χ4n) is 2.44. The number of amides is 1. The Morgan fingerprint density at radius 3 is 2.44 bits per heavy atom. The lowest BCUT2D eigenvalue weighted by Crippen LogP contribution is -2.32. The molecule has 3 aromatic rings. The molecule has 1 amide bonds. The van der Waals surface area contributed by atoms with E-state index < -0.39 is 17.8 Å². The molecule has 0 aliphatic carbocycles. The lowest BCUT2D eigenvalue weighted by molar-refractivity contribution is 0.0910. The third-order valence-electron chi connectivity index (χ3n) is 3.81. The number of nitrogens with zero attached hydrogens (tertiary/aromatic N) is 2. The van der Waals surface area contributed by atoms with Crippen LogP contribution in [0.15, 0.2) is 59.1 Å². The number of rotatable bonds is 5. The number of benzene rings is 2. The van der Waals surface area contributed by atoms with Crippen LogP contribution in [0, 0.1) is 11.7 Å². The third-order valence-corrected chi connectivity index (χ3v) is 3.81. The minimum atomic E-state index is -0.571. The molecule has 0 aliphatic heterocycles. The average Bonchev–Trinajstić information content (AvgIpc) is 3.10. The number of carbonyl (C=O) groups is 1. The molecule has 5 nitrogen and oxygen atoms in total. The first kappa shape index (κ1) is 16.8. The van der Waals surface area contributed by atoms with E-state index in [1.807, 2.05) is 44.2 Å². The summed E-state index contributed by atoms with van der Waals surface area (Å²) in [4.78, 5) is 16.8. The van der Waals surface area contributed by atoms with Crippen molar-refractivity contribution in [3.05, 3.63) is 71.9 Å². The molecule has 2 aromatic carbocycles. The van der Waals surface area contributed by atoms with E-state index in [0.29, 0.717) is 11.7 Å². The summed E-state index contributed by atoms with van der Waals surface area (Å²) in [5, 5.41) is 6.76. The summed E-state index contributed by atoms with van der Waals surface area (Å²) in [6.07, 6.45) is 0. The standard InChI is InChI=1S/C19H18FN3O2/c1-12(2)16(21-18(24)14-10-6-7-11-15(14)20)19-22-17(23-25-19)13-8-4-3-5-9-13/h3-12,16H,1-2H3,(H,21,24)/t16-/m1/s1. The maximum absolute atomic E-state index is 13.8. The second-order valence-corrected chi connectivity index (χ2v) is 6.00. The zero-order chi connectivity index (χ0) is 17.8. The van der Waals surface area contributed by atoms with E-state index in [0.717, 1.165) is 5.56 Å². The van der Waals surface area contributed by atoms with Crippen LogP contribution < -0.4 is 5.32 Å². The minimum absolute atomic E-state index is 0.0141. The molecule has 6 heteroatoms. The number of halogens is 1. The highest BCUT2D eigenvalue weighted by Gasteiger charge is 2.26. The molecule has 1 aromatic heterocycles. The van der Waals surface area contributed by atoms with Gasteiger partial charge < -0.3 is 9.84 Å². The summed E-state index contributed by atoms with van der Waals surface area (Å²) in [5.41, 5.74) is 0.802. The largest absolute Gasteiger partial charge is 0.340 e. The Hall–Kier alpha value is -3.02. The molecule has 0 aliphatic rings. The summed E-state index contributed by atoms with van der Waals surface area (Å²) in [6, 6.07) is 14.7. The Bertz CT molecular complexity index is 862. The van der Waals surface area contributed by atoms with Crippen molar-refractivity contribution in [3.8, 4) is 11.4 Å². The van der Waals surface area contributed by atoms with Crippen LogP contribution in [0.2, 0.25) is 0 Å². The van der Waals surface area contributed by atoms with E-state index in [4.69, 9.17) is 4.52 Å². The van der Waals surface area contributed by atoms with Crippen molar-refractivity contribution < 1.29 is 13.7 Å². The van der Waals surface area contributed by atoms with Crippen molar-refractivity contribution in [1.29, 1.82) is 0 Å². The van der Waals surface area contributed by atoms with Crippen molar-refractivity contribution in [1.82, 2.24) is 15.5 Å². The topological polar surface area (TPSA) is 68.0 Å². The van der Waals surface area contributed by atoms with Gasteiger partial charge in [0.1, 0.15) is 11.9 Å². The first-order chi connectivity index (χ1) is 12.1. The molecule has 128 valence electrons. The Labute approximate surface area is 144 Å². The predicted octanol–water partition coefficient (Wildman–Crippen LogP) is 4.00. The summed E-state index contributed by atoms with van der Waals surface area (Å²) < 4.78 is 19.1. The molecule has 1 atom stereocenters. The summed E-state index contributed by atoms with van der Waals surface area (Å²) >= 11 is 0. The van der Waals surface area contributed by atoms with E-state index in [9.17, 15) is 9.18 Å². The van der Waals surface area contributed by atoms with Crippen molar-refractivity contribution >= 4 is 5.91 Å². The number of aromatic nitrogens is 2. The number of hydrogen-bond acceptors (Lipinski definition) is 4. The Kier molecular flexibility index (Phi) is 4.88. The Morgan fingerprint density at radius 1 is 1.08 bits per heavy atom. The molecule has 25 heavy (non-hydrogen) atoms. The molecule has 1 N–H and O–H groups in total. The lowest BCUT2D eigenvalue weighted by Gasteiger charge is -2.18. The molecule has 0 saturated heterocycles. The maximum Gasteiger partial charge on any atom is 0.254 e. The van der Waals surface area contributed by atoms with Gasteiger partial charge in [-0.25, -0.2) is 4.39 Å². The molecule has 0 saturated carbocycles. The van der Waals surface area contributed by atoms with Gasteiger partial charge in [0.05, 0.1) is 5.56 Å². The van der Waals surface area contributed by atoms with Gasteiger partial charge in [-0.05, 0) is 18.1 Å². The van der Waals surface area contributed by atoms with Crippen molar-refractivity contribution in [3.63, 3.8) is 0 Å². The average molecular weight is 339 g/mol. The highest BCUT2D eigenvalue weighted by Crippen LogP contribution is 2.24. The molecule has 3 rings (SSSR count). The predicted molar refractivity (Wildman–Crippen MR) is 91.2 cm³/mol. The van der Waals surface area contributed by atoms with Gasteiger partial charge in [0, 0.05) is 5.56 Å². The molecular formula is C19H18FN3O2. The SMILES string of the molecule is CC(C)[C@@H](NC(=O)c1ccccc1F)c1nc(-c2ccccc2)no1. The van der Waals surface area contributed by atoms with Crippen LogP contribution in [0.1, 0.15) is 36.1 Å². The van der Waals surface area contributed by atoms with Crippen molar-refractivity contribution in [2.45, 2.75) is 19.9 Å². The molecule has 0 radical (unpaired) electrons. The van der Waals surface area contributed by atoms with Crippen LogP contribution in [0.3, 0.4) is 0 Å². The quantitative estimate of drug-likeness (QED) is 0.763. The maximum atomic E-state index is 13.8. The minimum Gasteiger partial charge on any atom is -0.340 e. The normalized spacial score (nSPS) is 12.2. The van der Waals surface area contributed by atoms with Crippen LogP contribution >= 0.6 is 0 Å². The molecular weight excluding hydrogens is 321 g/mol. The van der Waals surface area contributed by atoms with Gasteiger partial charge in [0.2, 0.25) is 11.7 Å². The zero-order valence-corrected chi connectivity index (χ0v) is 13.9. The van der Waals surface area contributed by atoms with Gasteiger partial charge >= 0.3 is 0 Å².